The zero-order valence-electron chi connectivity index (χ0n) is 14.6. The van der Waals surface area contributed by atoms with Gasteiger partial charge in [-0.3, -0.25) is 19.5 Å². The van der Waals surface area contributed by atoms with Crippen molar-refractivity contribution in [3.63, 3.8) is 0 Å². The molecule has 0 aliphatic heterocycles. The Balaban J connectivity index is 2.52. The Morgan fingerprint density at radius 2 is 2.00 bits per heavy atom. The van der Waals surface area contributed by atoms with Crippen LogP contribution in [0.1, 0.15) is 4.11 Å². The molecular weight excluding hydrogens is 318 g/mol. The number of hydrogen-bond donors (Lipinski definition) is 1. The predicted molar refractivity (Wildman–Crippen MR) is 90.8 cm³/mol. The molecule has 3 rings (SSSR count). The molecule has 0 aliphatic carbocycles. The van der Waals surface area contributed by atoms with E-state index in [1.54, 1.807) is 30.3 Å². The van der Waals surface area contributed by atoms with Gasteiger partial charge in [0.25, 0.3) is 0 Å². The van der Waals surface area contributed by atoms with Gasteiger partial charge in [-0.15, -0.1) is 0 Å². The number of para-hydroxylation sites is 1. The number of pyridine rings is 1. The van der Waals surface area contributed by atoms with Crippen LogP contribution in [0.15, 0.2) is 53.3 Å². The molecule has 7 heteroatoms. The minimum absolute atomic E-state index is 0.195. The van der Waals surface area contributed by atoms with Crippen LogP contribution in [0.25, 0.3) is 16.6 Å². The number of nitro groups is 1. The number of benzene rings is 2. The summed E-state index contributed by atoms with van der Waals surface area (Å²) < 4.78 is 23.3. The number of aromatic nitrogens is 1. The highest BCUT2D eigenvalue weighted by molar-refractivity contribution is 6.31. The minimum Gasteiger partial charge on any atom is -0.382 e. The second-order valence-electron chi connectivity index (χ2n) is 4.74. The first kappa shape index (κ1) is 11.7. The summed E-state index contributed by atoms with van der Waals surface area (Å²) in [7, 11) is 0. The monoisotopic (exact) mass is 332 g/mol. The Morgan fingerprint density at radius 3 is 2.65 bits per heavy atom. The lowest BCUT2D eigenvalue weighted by atomic mass is 10.1. The first-order chi connectivity index (χ1) is 12.2. The molecule has 3 aromatic rings. The number of rotatable bonds is 3. The number of nitrogens with zero attached hydrogens (tertiary/aromatic N) is 2. The number of nitrogens with one attached hydrogen (secondary N) is 1. The maximum atomic E-state index is 12.9. The summed E-state index contributed by atoms with van der Waals surface area (Å²) in [5.74, 6) is 0. The van der Waals surface area contributed by atoms with E-state index in [4.69, 9.17) is 15.7 Å². The van der Waals surface area contributed by atoms with Gasteiger partial charge in [-0.25, -0.2) is 0 Å². The molecule has 0 fully saturated rings. The number of fused-ring (bicyclic) bond motifs is 1. The molecule has 0 saturated carbocycles. The largest absolute Gasteiger partial charge is 0.382 e. The van der Waals surface area contributed by atoms with Crippen LogP contribution in [-0.2, 0) is 0 Å². The average Bonchev–Trinajstić information content (AvgIpc) is 2.53. The maximum Gasteiger partial charge on any atom is 0.357 e. The summed E-state index contributed by atoms with van der Waals surface area (Å²) in [6, 6.07) is 12.7. The number of hydrogen-bond acceptors (Lipinski definition) is 4. The van der Waals surface area contributed by atoms with Crippen LogP contribution in [0.3, 0.4) is 0 Å². The van der Waals surface area contributed by atoms with E-state index in [1.165, 1.54) is 18.2 Å². The highest BCUT2D eigenvalue weighted by atomic mass is 35.5. The Hall–Kier alpha value is -2.86. The predicted octanol–water partition coefficient (Wildman–Crippen LogP) is 3.59. The minimum atomic E-state index is -2.72. The van der Waals surface area contributed by atoms with Crippen molar-refractivity contribution in [1.82, 2.24) is 4.57 Å². The van der Waals surface area contributed by atoms with Crippen molar-refractivity contribution in [2.45, 2.75) is 0 Å². The Labute approximate surface area is 140 Å². The van der Waals surface area contributed by atoms with Gasteiger partial charge >= 0.3 is 11.2 Å². The molecule has 0 saturated heterocycles. The fraction of sp³-hybridized carbons (Fsp3) is 0.0625. The van der Waals surface area contributed by atoms with Crippen molar-refractivity contribution in [2.75, 3.05) is 12.3 Å². The molecule has 0 spiro atoms. The highest BCUT2D eigenvalue weighted by Crippen LogP contribution is 2.32. The average molecular weight is 333 g/mol. The first-order valence-electron chi connectivity index (χ1n) is 8.05. The van der Waals surface area contributed by atoms with E-state index >= 15 is 0 Å². The third kappa shape index (κ3) is 2.43. The Morgan fingerprint density at radius 1 is 1.26 bits per heavy atom. The van der Waals surface area contributed by atoms with E-state index < -0.39 is 23.1 Å². The van der Waals surface area contributed by atoms with Gasteiger partial charge in [-0.05, 0) is 30.3 Å². The molecule has 6 nitrogen and oxygen atoms in total. The van der Waals surface area contributed by atoms with Gasteiger partial charge in [0.1, 0.15) is 5.69 Å². The molecule has 2 aromatic carbocycles. The van der Waals surface area contributed by atoms with Crippen molar-refractivity contribution < 1.29 is 9.04 Å². The highest BCUT2D eigenvalue weighted by Gasteiger charge is 2.25. The van der Waals surface area contributed by atoms with Crippen LogP contribution in [0.5, 0.6) is 0 Å². The standard InChI is InChI=1S/C16H12ClN3O3/c1-18-14-12-8-7-10(17)9-13(12)19(11-5-3-2-4-6-11)16(21)15(14)20(22)23/h2-9,18H,1H3/i1D3. The molecule has 0 aliphatic rings. The molecule has 0 atom stereocenters. The lowest BCUT2D eigenvalue weighted by Crippen LogP contribution is -2.23. The second kappa shape index (κ2) is 5.73. The van der Waals surface area contributed by atoms with E-state index in [9.17, 15) is 14.9 Å². The molecule has 116 valence electrons. The molecule has 1 N–H and O–H groups in total. The lowest BCUT2D eigenvalue weighted by Gasteiger charge is -2.14. The topological polar surface area (TPSA) is 77.2 Å². The van der Waals surface area contributed by atoms with Crippen LogP contribution in [0, 0.1) is 10.1 Å². The van der Waals surface area contributed by atoms with Crippen molar-refractivity contribution >= 4 is 33.9 Å². The van der Waals surface area contributed by atoms with Crippen molar-refractivity contribution in [2.24, 2.45) is 0 Å². The molecule has 23 heavy (non-hydrogen) atoms. The fourth-order valence-corrected chi connectivity index (χ4v) is 2.65. The van der Waals surface area contributed by atoms with Gasteiger partial charge in [0, 0.05) is 27.2 Å². The van der Waals surface area contributed by atoms with Gasteiger partial charge in [-0.2, -0.15) is 0 Å². The quantitative estimate of drug-likeness (QED) is 0.587. The van der Waals surface area contributed by atoms with E-state index in [0.717, 1.165) is 4.57 Å². The van der Waals surface area contributed by atoms with Crippen molar-refractivity contribution in [3.05, 3.63) is 74.0 Å². The van der Waals surface area contributed by atoms with Crippen molar-refractivity contribution in [3.8, 4) is 5.69 Å². The lowest BCUT2D eigenvalue weighted by molar-refractivity contribution is -0.385. The van der Waals surface area contributed by atoms with Crippen LogP contribution in [-0.4, -0.2) is 16.5 Å². The summed E-state index contributed by atoms with van der Waals surface area (Å²) in [5.41, 5.74) is -1.51. The van der Waals surface area contributed by atoms with Gasteiger partial charge in [0.15, 0.2) is 0 Å². The second-order valence-corrected chi connectivity index (χ2v) is 5.18. The molecule has 0 radical (unpaired) electrons. The molecular formula is C16H12ClN3O3. The van der Waals surface area contributed by atoms with Gasteiger partial charge in [-0.1, -0.05) is 29.8 Å². The summed E-state index contributed by atoms with van der Waals surface area (Å²) in [6.07, 6.45) is 0. The van der Waals surface area contributed by atoms with Crippen LogP contribution >= 0.6 is 11.6 Å². The fourth-order valence-electron chi connectivity index (χ4n) is 2.48. The van der Waals surface area contributed by atoms with Crippen LogP contribution in [0.2, 0.25) is 5.02 Å². The molecule has 0 bridgehead atoms. The summed E-state index contributed by atoms with van der Waals surface area (Å²) in [5, 5.41) is 14.2. The molecule has 1 aromatic heterocycles. The zero-order valence-corrected chi connectivity index (χ0v) is 12.4. The molecule has 0 amide bonds. The summed E-state index contributed by atoms with van der Waals surface area (Å²) >= 11 is 6.04. The summed E-state index contributed by atoms with van der Waals surface area (Å²) in [4.78, 5) is 23.6. The molecule has 0 unspecified atom stereocenters. The van der Waals surface area contributed by atoms with Gasteiger partial charge < -0.3 is 5.32 Å². The van der Waals surface area contributed by atoms with E-state index in [-0.39, 0.29) is 16.6 Å². The van der Waals surface area contributed by atoms with E-state index in [0.29, 0.717) is 10.7 Å². The van der Waals surface area contributed by atoms with Gasteiger partial charge in [0.05, 0.1) is 10.4 Å². The van der Waals surface area contributed by atoms with E-state index in [2.05, 4.69) is 5.32 Å². The summed E-state index contributed by atoms with van der Waals surface area (Å²) in [6.45, 7) is -2.72. The molecule has 1 heterocycles. The third-order valence-electron chi connectivity index (χ3n) is 3.43. The first-order valence-corrected chi connectivity index (χ1v) is 6.93. The van der Waals surface area contributed by atoms with Crippen molar-refractivity contribution in [1.29, 1.82) is 0 Å². The Kier molecular flexibility index (Phi) is 2.91. The van der Waals surface area contributed by atoms with E-state index in [1.807, 2.05) is 0 Å². The smallest absolute Gasteiger partial charge is 0.357 e. The maximum absolute atomic E-state index is 12.9. The normalized spacial score (nSPS) is 13.2. The third-order valence-corrected chi connectivity index (χ3v) is 3.67. The zero-order chi connectivity index (χ0) is 19.1. The Bertz CT molecular complexity index is 1070. The van der Waals surface area contributed by atoms with Crippen LogP contribution in [0.4, 0.5) is 11.4 Å². The number of anilines is 1. The number of halogens is 1. The van der Waals surface area contributed by atoms with Crippen LogP contribution < -0.4 is 10.9 Å². The SMILES string of the molecule is [2H]C([2H])([2H])Nc1c([N+](=O)[O-])c(=O)n(-c2ccccc2)c2cc(Cl)ccc12. The van der Waals surface area contributed by atoms with Gasteiger partial charge in [0.2, 0.25) is 0 Å².